The topological polar surface area (TPSA) is 186 Å². The van der Waals surface area contributed by atoms with Gasteiger partial charge in [-0.2, -0.15) is 26.3 Å². The van der Waals surface area contributed by atoms with Gasteiger partial charge in [0.15, 0.2) is 0 Å². The molecule has 2 aromatic heterocycles. The van der Waals surface area contributed by atoms with E-state index in [-0.39, 0.29) is 17.7 Å². The Bertz CT molecular complexity index is 3180. The van der Waals surface area contributed by atoms with Crippen LogP contribution in [-0.4, -0.2) is 164 Å². The van der Waals surface area contributed by atoms with E-state index in [0.29, 0.717) is 72.3 Å². The van der Waals surface area contributed by atoms with Gasteiger partial charge in [-0.1, -0.05) is 30.4 Å². The Kier molecular flexibility index (Phi) is 19.9. The number of aliphatic hydroxyl groups is 1. The number of anilines is 2. The molecule has 4 unspecified atom stereocenters. The molecule has 0 radical (unpaired) electrons. The second kappa shape index (κ2) is 27.2. The highest BCUT2D eigenvalue weighted by molar-refractivity contribution is 5.86. The Hall–Kier alpha value is -6.85. The fourth-order valence-electron chi connectivity index (χ4n) is 13.9. The number of hydrogen-bond acceptors (Lipinski definition) is 14. The molecule has 4 bridgehead atoms. The van der Waals surface area contributed by atoms with Crippen LogP contribution < -0.4 is 31.2 Å². The average Bonchev–Trinajstić information content (AvgIpc) is 1.56. The quantitative estimate of drug-likeness (QED) is 0.0302. The molecule has 6 heterocycles. The number of rotatable bonds is 21. The van der Waals surface area contributed by atoms with Crippen molar-refractivity contribution >= 4 is 29.6 Å². The standard InChI is InChI=1S/C65H80F8N10O7/c1-62(2,64(68,69)70)55(77-60(86)88-5)29-75-53(24-39-13-10-38(11-14-39)12-15-40-16-23-56(76-27-40)81-32-47-19-20-48(33-81)83(47)45-8-7-9-45)54(84)35-82(79-59(85)58(78-61(87)89-6)63(3,4)65(71,72)73)34-49-50(66)25-43(26-51(49)67)52-22-21-46(28-74-52)80-30-41-17-18-42(31-80)57(41)44-36-90-37-44/h10-11,13-14,16,21-23,25-28,41-42,44-45,47-48,53-55,57-58,75,84H,7-9,17-20,24,29-37H2,1-6H3,(H,77,86)(H,78,87)(H,79,85)/t41?,42?,47?,48?,53-,54-,55+,57?,58+/m0/s1. The van der Waals surface area contributed by atoms with Crippen molar-refractivity contribution in [2.45, 2.75) is 140 Å². The lowest BCUT2D eigenvalue weighted by Gasteiger charge is -2.48. The Morgan fingerprint density at radius 3 is 1.87 bits per heavy atom. The average molecular weight is 1270 g/mol. The fourth-order valence-corrected chi connectivity index (χ4v) is 13.9. The number of aromatic nitrogens is 2. The summed E-state index contributed by atoms with van der Waals surface area (Å²) in [5, 5.41) is 20.1. The molecule has 488 valence electrons. The minimum absolute atomic E-state index is 0.0349. The molecule has 4 aliphatic heterocycles. The van der Waals surface area contributed by atoms with Crippen molar-refractivity contribution in [3.05, 3.63) is 107 Å². The van der Waals surface area contributed by atoms with Crippen molar-refractivity contribution in [3.63, 3.8) is 0 Å². The first-order chi connectivity index (χ1) is 42.7. The zero-order chi connectivity index (χ0) is 64.5. The van der Waals surface area contributed by atoms with Crippen LogP contribution in [0.25, 0.3) is 11.3 Å². The molecule has 25 heteroatoms. The lowest BCUT2D eigenvalue weighted by atomic mass is 9.75. The van der Waals surface area contributed by atoms with Crippen LogP contribution in [0.5, 0.6) is 0 Å². The second-order valence-corrected chi connectivity index (χ2v) is 26.2. The Labute approximate surface area is 519 Å². The van der Waals surface area contributed by atoms with E-state index < -0.39 is 102 Å². The Balaban J connectivity index is 0.898. The number of piperidine rings is 1. The number of carbonyl (C=O) groups is 3. The molecule has 6 fully saturated rings. The van der Waals surface area contributed by atoms with Crippen LogP contribution in [0.1, 0.15) is 94.9 Å². The van der Waals surface area contributed by atoms with Gasteiger partial charge in [-0.05, 0) is 144 Å². The van der Waals surface area contributed by atoms with Gasteiger partial charge in [-0.15, -0.1) is 0 Å². The van der Waals surface area contributed by atoms with Crippen molar-refractivity contribution in [2.24, 2.45) is 34.5 Å². The van der Waals surface area contributed by atoms with Gasteiger partial charge in [-0.25, -0.2) is 28.4 Å². The van der Waals surface area contributed by atoms with Crippen molar-refractivity contribution in [3.8, 4) is 23.1 Å². The van der Waals surface area contributed by atoms with Crippen LogP contribution in [0.4, 0.5) is 56.2 Å². The molecule has 17 nitrogen and oxygen atoms in total. The molecule has 4 aromatic rings. The van der Waals surface area contributed by atoms with Gasteiger partial charge < -0.3 is 45.1 Å². The molecule has 2 aliphatic carbocycles. The summed E-state index contributed by atoms with van der Waals surface area (Å²) in [6.45, 7) is 5.61. The SMILES string of the molecule is COC(=O)N[C@H](C(=O)NN(Cc1c(F)cc(-c2ccc(N3CC4CCC(C3)C4C3COC3)cn2)cc1F)C[C@H](O)[C@H](Cc1ccc(C#Cc2ccc(N3CC4CCC(C3)N4C3CCC3)nc2)cc1)NC[C@@H](NC(=O)OC)C(C)(C)C(F)(F)F)C(C)(C)C(F)(F)F. The minimum Gasteiger partial charge on any atom is -0.453 e. The predicted octanol–water partition coefficient (Wildman–Crippen LogP) is 9.16. The van der Waals surface area contributed by atoms with Gasteiger partial charge in [0, 0.05) is 104 Å². The molecule has 0 spiro atoms. The van der Waals surface area contributed by atoms with Gasteiger partial charge in [0.25, 0.3) is 5.91 Å². The van der Waals surface area contributed by atoms with E-state index in [1.165, 1.54) is 32.1 Å². The maximum absolute atomic E-state index is 16.6. The summed E-state index contributed by atoms with van der Waals surface area (Å²) in [6, 6.07) is 12.2. The highest BCUT2D eigenvalue weighted by Crippen LogP contribution is 2.49. The summed E-state index contributed by atoms with van der Waals surface area (Å²) in [5.41, 5.74) is -1.29. The molecule has 10 rings (SSSR count). The molecule has 3 amide bonds. The monoisotopic (exact) mass is 1260 g/mol. The number of pyridine rings is 2. The van der Waals surface area contributed by atoms with E-state index in [4.69, 9.17) is 9.72 Å². The zero-order valence-electron chi connectivity index (χ0n) is 51.4. The van der Waals surface area contributed by atoms with Gasteiger partial charge in [0.1, 0.15) is 23.5 Å². The number of alkyl halides is 6. The number of piperazine rings is 1. The number of carbonyl (C=O) groups excluding carboxylic acids is 3. The van der Waals surface area contributed by atoms with Crippen LogP contribution in [0.3, 0.4) is 0 Å². The van der Waals surface area contributed by atoms with Gasteiger partial charge >= 0.3 is 24.5 Å². The van der Waals surface area contributed by atoms with Crippen LogP contribution in [0, 0.1) is 58.0 Å². The number of nitrogens with zero attached hydrogens (tertiary/aromatic N) is 6. The number of methoxy groups -OCH3 is 2. The Morgan fingerprint density at radius 2 is 1.33 bits per heavy atom. The number of amides is 3. The number of hydrazine groups is 1. The van der Waals surface area contributed by atoms with Crippen LogP contribution in [0.15, 0.2) is 73.1 Å². The summed E-state index contributed by atoms with van der Waals surface area (Å²) >= 11 is 0. The molecule has 4 saturated heterocycles. The number of halogens is 8. The number of fused-ring (bicyclic) bond motifs is 4. The first-order valence-electron chi connectivity index (χ1n) is 30.9. The van der Waals surface area contributed by atoms with Crippen molar-refractivity contribution in [1.29, 1.82) is 0 Å². The van der Waals surface area contributed by atoms with E-state index in [1.807, 2.05) is 23.5 Å². The number of aliphatic hydroxyl groups excluding tert-OH is 1. The number of nitrogens with one attached hydrogen (secondary N) is 4. The molecule has 8 atom stereocenters. The van der Waals surface area contributed by atoms with Gasteiger partial charge in [-0.3, -0.25) is 20.1 Å². The van der Waals surface area contributed by atoms with E-state index in [1.54, 1.807) is 42.7 Å². The smallest absolute Gasteiger partial charge is 0.407 e. The molecular weight excluding hydrogens is 1180 g/mol. The van der Waals surface area contributed by atoms with Crippen LogP contribution in [0.2, 0.25) is 0 Å². The van der Waals surface area contributed by atoms with E-state index in [2.05, 4.69) is 57.1 Å². The highest BCUT2D eigenvalue weighted by Gasteiger charge is 2.57. The largest absolute Gasteiger partial charge is 0.453 e. The lowest BCUT2D eigenvalue weighted by molar-refractivity contribution is -0.221. The third-order valence-electron chi connectivity index (χ3n) is 19.8. The number of alkyl carbamates (subject to hydrolysis) is 2. The molecule has 2 aromatic carbocycles. The van der Waals surface area contributed by atoms with E-state index in [9.17, 15) is 45.8 Å². The molecule has 5 N–H and O–H groups in total. The Morgan fingerprint density at radius 1 is 0.722 bits per heavy atom. The summed E-state index contributed by atoms with van der Waals surface area (Å²) in [4.78, 5) is 56.0. The minimum atomic E-state index is -5.15. The van der Waals surface area contributed by atoms with Crippen molar-refractivity contribution in [2.75, 3.05) is 76.5 Å². The summed E-state index contributed by atoms with van der Waals surface area (Å²) < 4.78 is 136. The molecule has 2 saturated carbocycles. The van der Waals surface area contributed by atoms with Crippen LogP contribution >= 0.6 is 0 Å². The maximum atomic E-state index is 16.6. The van der Waals surface area contributed by atoms with Gasteiger partial charge in [0.05, 0.1) is 68.0 Å². The predicted molar refractivity (Wildman–Crippen MR) is 319 cm³/mol. The lowest BCUT2D eigenvalue weighted by Crippen LogP contribution is -2.62. The van der Waals surface area contributed by atoms with E-state index in [0.717, 1.165) is 109 Å². The van der Waals surface area contributed by atoms with E-state index >= 15 is 8.78 Å². The number of benzene rings is 2. The maximum Gasteiger partial charge on any atom is 0.407 e. The third-order valence-corrected chi connectivity index (χ3v) is 19.8. The first-order valence-corrected chi connectivity index (χ1v) is 30.9. The molecule has 6 aliphatic rings. The normalized spacial score (nSPS) is 22.8. The fraction of sp³-hybridized carbons (Fsp3) is 0.585. The summed E-state index contributed by atoms with van der Waals surface area (Å²) in [5.74, 6) is 5.49. The summed E-state index contributed by atoms with van der Waals surface area (Å²) in [7, 11) is 1.82. The first kappa shape index (κ1) is 66.1. The molecular formula is C65H80F8N10O7. The van der Waals surface area contributed by atoms with Crippen LogP contribution in [-0.2, 0) is 32.0 Å². The highest BCUT2D eigenvalue weighted by atomic mass is 19.4. The van der Waals surface area contributed by atoms with Crippen molar-refractivity contribution in [1.82, 2.24) is 41.3 Å². The zero-order valence-corrected chi connectivity index (χ0v) is 51.4. The van der Waals surface area contributed by atoms with Crippen molar-refractivity contribution < 1.29 is 68.8 Å². The van der Waals surface area contributed by atoms with Gasteiger partial charge in [0.2, 0.25) is 0 Å². The summed E-state index contributed by atoms with van der Waals surface area (Å²) in [6.07, 6.45) is -2.87. The second-order valence-electron chi connectivity index (χ2n) is 26.2. The molecule has 90 heavy (non-hydrogen) atoms. The number of hydrogen-bond donors (Lipinski definition) is 5. The third kappa shape index (κ3) is 14.6. The number of ether oxygens (including phenoxy) is 3.